The van der Waals surface area contributed by atoms with E-state index in [1.165, 1.54) is 11.1 Å². The van der Waals surface area contributed by atoms with Crippen molar-refractivity contribution in [2.24, 2.45) is 5.92 Å². The number of ketones is 1. The van der Waals surface area contributed by atoms with E-state index in [1.807, 2.05) is 23.1 Å². The molecule has 9 heteroatoms. The molecule has 0 aromatic heterocycles. The van der Waals surface area contributed by atoms with Crippen molar-refractivity contribution < 1.29 is 32.7 Å². The summed E-state index contributed by atoms with van der Waals surface area (Å²) in [5, 5.41) is 10.3. The Bertz CT molecular complexity index is 779. The molecule has 2 aliphatic rings. The number of benzene rings is 1. The molecule has 1 amide bonds. The highest BCUT2D eigenvalue weighted by Crippen LogP contribution is 2.23. The molecule has 0 unspecified atom stereocenters. The number of amides is 1. The highest BCUT2D eigenvalue weighted by molar-refractivity contribution is 5.88. The van der Waals surface area contributed by atoms with Crippen molar-refractivity contribution in [1.82, 2.24) is 10.2 Å². The molecule has 2 aliphatic heterocycles. The Morgan fingerprint density at radius 2 is 1.77 bits per heavy atom. The second-order valence-corrected chi connectivity index (χ2v) is 7.26. The number of nitrogens with one attached hydrogen (secondary N) is 1. The Hall–Kier alpha value is -2.68. The van der Waals surface area contributed by atoms with Crippen LogP contribution in [0.15, 0.2) is 36.4 Å². The van der Waals surface area contributed by atoms with E-state index in [-0.39, 0.29) is 23.7 Å². The van der Waals surface area contributed by atoms with Crippen LogP contribution in [0.25, 0.3) is 0 Å². The van der Waals surface area contributed by atoms with Gasteiger partial charge in [0, 0.05) is 19.5 Å². The fraction of sp³-hybridized carbons (Fsp3) is 0.476. The number of rotatable bonds is 6. The Labute approximate surface area is 172 Å². The monoisotopic (exact) mass is 426 g/mol. The molecule has 0 bridgehead atoms. The lowest BCUT2D eigenvalue weighted by atomic mass is 9.92. The summed E-state index contributed by atoms with van der Waals surface area (Å²) in [5.41, 5.74) is 2.46. The van der Waals surface area contributed by atoms with Crippen molar-refractivity contribution in [3.05, 3.63) is 47.5 Å². The molecule has 1 aromatic carbocycles. The lowest BCUT2D eigenvalue weighted by molar-refractivity contribution is -0.192. The van der Waals surface area contributed by atoms with E-state index < -0.39 is 12.1 Å². The van der Waals surface area contributed by atoms with Gasteiger partial charge < -0.3 is 15.3 Å². The van der Waals surface area contributed by atoms with E-state index >= 15 is 0 Å². The van der Waals surface area contributed by atoms with Crippen molar-refractivity contribution in [2.75, 3.05) is 6.54 Å². The summed E-state index contributed by atoms with van der Waals surface area (Å²) in [4.78, 5) is 35.2. The van der Waals surface area contributed by atoms with E-state index in [2.05, 4.69) is 24.4 Å². The van der Waals surface area contributed by atoms with Crippen molar-refractivity contribution in [3.63, 3.8) is 0 Å². The molecule has 0 radical (unpaired) electrons. The van der Waals surface area contributed by atoms with Crippen LogP contribution in [-0.2, 0) is 27.5 Å². The smallest absolute Gasteiger partial charge is 0.475 e. The van der Waals surface area contributed by atoms with E-state index in [4.69, 9.17) is 9.90 Å². The van der Waals surface area contributed by atoms with Gasteiger partial charge in [-0.2, -0.15) is 13.2 Å². The molecule has 1 aromatic rings. The minimum Gasteiger partial charge on any atom is -0.475 e. The van der Waals surface area contributed by atoms with Crippen LogP contribution in [0.5, 0.6) is 0 Å². The molecule has 0 saturated carbocycles. The number of alkyl halides is 3. The number of aliphatic carboxylic acids is 1. The number of allylic oxidation sites excluding steroid dienone is 1. The van der Waals surface area contributed by atoms with Crippen LogP contribution in [0, 0.1) is 5.92 Å². The maximum absolute atomic E-state index is 12.4. The zero-order chi connectivity index (χ0) is 22.3. The van der Waals surface area contributed by atoms with Gasteiger partial charge in [-0.05, 0) is 42.5 Å². The van der Waals surface area contributed by atoms with Crippen molar-refractivity contribution >= 4 is 17.7 Å². The second-order valence-electron chi connectivity index (χ2n) is 7.26. The molecule has 0 aliphatic carbocycles. The average molecular weight is 426 g/mol. The van der Waals surface area contributed by atoms with E-state index in [0.717, 1.165) is 19.4 Å². The molecule has 0 spiro atoms. The largest absolute Gasteiger partial charge is 0.490 e. The number of nitrogens with zero attached hydrogens (tertiary/aromatic N) is 1. The molecule has 2 N–H and O–H groups in total. The number of carbonyl (C=O) groups is 3. The number of hydrogen-bond acceptors (Lipinski definition) is 4. The first kappa shape index (κ1) is 23.6. The summed E-state index contributed by atoms with van der Waals surface area (Å²) < 4.78 is 31.7. The first-order chi connectivity index (χ1) is 14.1. The molecule has 3 rings (SSSR count). The molecular formula is C21H25F3N2O4. The fourth-order valence-electron chi connectivity index (χ4n) is 3.13. The van der Waals surface area contributed by atoms with Crippen LogP contribution in [0.2, 0.25) is 0 Å². The van der Waals surface area contributed by atoms with E-state index in [0.29, 0.717) is 19.5 Å². The maximum Gasteiger partial charge on any atom is 0.490 e. The molecule has 2 heterocycles. The van der Waals surface area contributed by atoms with Crippen molar-refractivity contribution in [3.8, 4) is 0 Å². The van der Waals surface area contributed by atoms with Gasteiger partial charge >= 0.3 is 12.1 Å². The zero-order valence-corrected chi connectivity index (χ0v) is 16.6. The Balaban J connectivity index is 0.000000396. The van der Waals surface area contributed by atoms with Gasteiger partial charge in [0.2, 0.25) is 5.91 Å². The van der Waals surface area contributed by atoms with Gasteiger partial charge in [0.05, 0.1) is 6.04 Å². The quantitative estimate of drug-likeness (QED) is 0.683. The number of fused-ring (bicyclic) bond motifs is 1. The normalized spacial score (nSPS) is 18.8. The van der Waals surface area contributed by atoms with Gasteiger partial charge in [0.15, 0.2) is 0 Å². The zero-order valence-electron chi connectivity index (χ0n) is 16.6. The predicted octanol–water partition coefficient (Wildman–Crippen LogP) is 3.07. The Kier molecular flexibility index (Phi) is 8.16. The Morgan fingerprint density at radius 1 is 1.23 bits per heavy atom. The summed E-state index contributed by atoms with van der Waals surface area (Å²) in [7, 11) is 0. The SMILES string of the molecule is CC[C@@H](/C=C/C(=O)N1Cc2ccccc2C1)CC(=O)[C@@H]1CCN1.O=C(O)C(F)(F)F. The van der Waals surface area contributed by atoms with Crippen LogP contribution in [0.3, 0.4) is 0 Å². The third-order valence-corrected chi connectivity index (χ3v) is 5.11. The van der Waals surface area contributed by atoms with Crippen LogP contribution in [0.4, 0.5) is 13.2 Å². The summed E-state index contributed by atoms with van der Waals surface area (Å²) in [6.45, 7) is 4.37. The lowest BCUT2D eigenvalue weighted by Gasteiger charge is -2.27. The second kappa shape index (κ2) is 10.4. The van der Waals surface area contributed by atoms with Gasteiger partial charge in [0.1, 0.15) is 5.78 Å². The number of carboxylic acids is 1. The van der Waals surface area contributed by atoms with Crippen LogP contribution < -0.4 is 5.32 Å². The molecule has 164 valence electrons. The van der Waals surface area contributed by atoms with E-state index in [1.54, 1.807) is 6.08 Å². The number of carbonyl (C=O) groups excluding carboxylic acids is 2. The molecule has 30 heavy (non-hydrogen) atoms. The lowest BCUT2D eigenvalue weighted by Crippen LogP contribution is -2.48. The minimum absolute atomic E-state index is 0.0360. The third-order valence-electron chi connectivity index (χ3n) is 5.11. The molecular weight excluding hydrogens is 401 g/mol. The fourth-order valence-corrected chi connectivity index (χ4v) is 3.13. The minimum atomic E-state index is -5.08. The molecule has 1 fully saturated rings. The number of carboxylic acid groups (broad SMARTS) is 1. The molecule has 1 saturated heterocycles. The van der Waals surface area contributed by atoms with Gasteiger partial charge in [-0.3, -0.25) is 9.59 Å². The predicted molar refractivity (Wildman–Crippen MR) is 103 cm³/mol. The summed E-state index contributed by atoms with van der Waals surface area (Å²) in [6, 6.07) is 8.21. The molecule has 2 atom stereocenters. The third kappa shape index (κ3) is 6.69. The van der Waals surface area contributed by atoms with E-state index in [9.17, 15) is 22.8 Å². The highest BCUT2D eigenvalue weighted by atomic mass is 19.4. The maximum atomic E-state index is 12.4. The topological polar surface area (TPSA) is 86.7 Å². The summed E-state index contributed by atoms with van der Waals surface area (Å²) >= 11 is 0. The van der Waals surface area contributed by atoms with Crippen LogP contribution >= 0.6 is 0 Å². The molecule has 6 nitrogen and oxygen atoms in total. The Morgan fingerprint density at radius 3 is 2.17 bits per heavy atom. The first-order valence-electron chi connectivity index (χ1n) is 9.72. The standard InChI is InChI=1S/C19H24N2O2.C2HF3O2/c1-2-14(11-18(22)17-9-10-20-17)7-8-19(23)21-12-15-5-3-4-6-16(15)13-21;3-2(4,5)1(6)7/h3-8,14,17,20H,2,9-13H2,1H3;(H,6,7)/b8-7+;/t14-,17-;/m0./s1. The van der Waals surface area contributed by atoms with Gasteiger partial charge in [-0.25, -0.2) is 4.79 Å². The van der Waals surface area contributed by atoms with Crippen LogP contribution in [0.1, 0.15) is 37.3 Å². The number of halogens is 3. The van der Waals surface area contributed by atoms with Crippen LogP contribution in [-0.4, -0.2) is 46.4 Å². The number of hydrogen-bond donors (Lipinski definition) is 2. The summed E-state index contributed by atoms with van der Waals surface area (Å²) in [5.74, 6) is -2.30. The van der Waals surface area contributed by atoms with Crippen molar-refractivity contribution in [1.29, 1.82) is 0 Å². The van der Waals surface area contributed by atoms with Gasteiger partial charge in [0.25, 0.3) is 0 Å². The van der Waals surface area contributed by atoms with Crippen molar-refractivity contribution in [2.45, 2.75) is 51.5 Å². The first-order valence-corrected chi connectivity index (χ1v) is 9.72. The summed E-state index contributed by atoms with van der Waals surface area (Å²) in [6.07, 6.45) is 0.841. The average Bonchev–Trinajstić information content (AvgIpc) is 3.07. The van der Waals surface area contributed by atoms with Gasteiger partial charge in [-0.1, -0.05) is 37.3 Å². The van der Waals surface area contributed by atoms with Gasteiger partial charge in [-0.15, -0.1) is 0 Å². The highest BCUT2D eigenvalue weighted by Gasteiger charge is 2.38. The number of Topliss-reactive ketones (excluding diaryl/α,β-unsaturated/α-hetero) is 1.